The summed E-state index contributed by atoms with van der Waals surface area (Å²) in [7, 11) is -3.74. The highest BCUT2D eigenvalue weighted by atomic mass is 32.2. The van der Waals surface area contributed by atoms with Crippen molar-refractivity contribution in [3.05, 3.63) is 72.3 Å². The van der Waals surface area contributed by atoms with Gasteiger partial charge in [-0.05, 0) is 56.2 Å². The van der Waals surface area contributed by atoms with Gasteiger partial charge in [0.15, 0.2) is 0 Å². The number of primary sulfonamides is 1. The van der Waals surface area contributed by atoms with E-state index >= 15 is 0 Å². The Balaban J connectivity index is 1.37. The number of aliphatic hydroxyl groups excluding tert-OH is 1. The maximum absolute atomic E-state index is 11.6. The largest absolute Gasteiger partial charge is 0.490 e. The van der Waals surface area contributed by atoms with Crippen molar-refractivity contribution in [3.63, 3.8) is 0 Å². The Morgan fingerprint density at radius 1 is 1.06 bits per heavy atom. The van der Waals surface area contributed by atoms with Crippen LogP contribution >= 0.6 is 0 Å². The van der Waals surface area contributed by atoms with Crippen LogP contribution in [0.3, 0.4) is 0 Å². The van der Waals surface area contributed by atoms with Gasteiger partial charge in [0.25, 0.3) is 0 Å². The van der Waals surface area contributed by atoms with Crippen LogP contribution < -0.4 is 15.2 Å². The topological polar surface area (TPSA) is 117 Å². The third-order valence-corrected chi connectivity index (χ3v) is 6.52. The molecule has 3 aromatic carbocycles. The third kappa shape index (κ3) is 5.54. The molecule has 0 radical (unpaired) electrons. The van der Waals surface area contributed by atoms with E-state index in [1.165, 1.54) is 6.07 Å². The van der Waals surface area contributed by atoms with Gasteiger partial charge in [-0.15, -0.1) is 0 Å². The lowest BCUT2D eigenvalue weighted by atomic mass is 9.95. The fourth-order valence-electron chi connectivity index (χ4n) is 4.03. The van der Waals surface area contributed by atoms with Crippen molar-refractivity contribution in [1.82, 2.24) is 10.3 Å². The predicted molar refractivity (Wildman–Crippen MR) is 131 cm³/mol. The average Bonchev–Trinajstić information content (AvgIpc) is 3.15. The van der Waals surface area contributed by atoms with Gasteiger partial charge in [-0.1, -0.05) is 36.4 Å². The van der Waals surface area contributed by atoms with Crippen LogP contribution in [-0.4, -0.2) is 43.3 Å². The minimum absolute atomic E-state index is 0.0932. The van der Waals surface area contributed by atoms with Crippen molar-refractivity contribution in [1.29, 1.82) is 0 Å². The number of hydrogen-bond acceptors (Lipinski definition) is 5. The molecular formula is C25H29N3O4S. The van der Waals surface area contributed by atoms with Crippen LogP contribution in [0, 0.1) is 0 Å². The molecule has 7 nitrogen and oxygen atoms in total. The van der Waals surface area contributed by atoms with E-state index in [2.05, 4.69) is 10.3 Å². The average molecular weight is 468 g/mol. The first-order valence-corrected chi connectivity index (χ1v) is 12.3. The van der Waals surface area contributed by atoms with Crippen LogP contribution in [0.25, 0.3) is 21.8 Å². The zero-order valence-corrected chi connectivity index (χ0v) is 19.5. The molecule has 0 saturated heterocycles. The number of β-amino-alcohol motifs (C(OH)–C–C–N with tert-alkyl or cyclic N) is 1. The zero-order valence-electron chi connectivity index (χ0n) is 18.7. The van der Waals surface area contributed by atoms with Crippen molar-refractivity contribution in [3.8, 4) is 5.75 Å². The number of para-hydroxylation sites is 1. The standard InChI is InChI=1S/C25H29N3O4S/c1-25(2,14-17-7-5-8-19(13-17)33(26,30)31)27-15-18(29)16-32-23-12-6-11-22-24(23)20-9-3-4-10-21(20)28-22/h3-13,18,27-29H,14-16H2,1-2H3,(H2,26,30,31). The van der Waals surface area contributed by atoms with Gasteiger partial charge in [-0.25, -0.2) is 13.6 Å². The predicted octanol–water partition coefficient (Wildman–Crippen LogP) is 3.32. The Labute approximate surface area is 193 Å². The van der Waals surface area contributed by atoms with E-state index in [1.807, 2.05) is 62.4 Å². The molecule has 1 atom stereocenters. The van der Waals surface area contributed by atoms with Crippen molar-refractivity contribution < 1.29 is 18.3 Å². The number of H-pyrrole nitrogens is 1. The molecule has 174 valence electrons. The maximum atomic E-state index is 11.6. The number of fused-ring (bicyclic) bond motifs is 3. The number of aromatic amines is 1. The Morgan fingerprint density at radius 3 is 2.58 bits per heavy atom. The lowest BCUT2D eigenvalue weighted by Gasteiger charge is -2.28. The number of hydrogen-bond donors (Lipinski definition) is 4. The van der Waals surface area contributed by atoms with Gasteiger partial charge in [0, 0.05) is 28.4 Å². The lowest BCUT2D eigenvalue weighted by molar-refractivity contribution is 0.0996. The molecule has 1 unspecified atom stereocenters. The summed E-state index contributed by atoms with van der Waals surface area (Å²) < 4.78 is 29.2. The van der Waals surface area contributed by atoms with E-state index < -0.39 is 16.1 Å². The number of nitrogens with one attached hydrogen (secondary N) is 2. The van der Waals surface area contributed by atoms with Crippen molar-refractivity contribution in [2.24, 2.45) is 5.14 Å². The summed E-state index contributed by atoms with van der Waals surface area (Å²) in [6, 6.07) is 20.5. The van der Waals surface area contributed by atoms with Crippen LogP contribution in [0.15, 0.2) is 71.6 Å². The number of aliphatic hydroxyl groups is 1. The summed E-state index contributed by atoms with van der Waals surface area (Å²) in [5.74, 6) is 0.725. The minimum Gasteiger partial charge on any atom is -0.490 e. The summed E-state index contributed by atoms with van der Waals surface area (Å²) in [6.07, 6.45) is -0.154. The normalized spacial score (nSPS) is 13.5. The van der Waals surface area contributed by atoms with Crippen LogP contribution in [-0.2, 0) is 16.4 Å². The number of benzene rings is 3. The van der Waals surface area contributed by atoms with Gasteiger partial charge >= 0.3 is 0 Å². The molecule has 0 aliphatic rings. The van der Waals surface area contributed by atoms with Crippen LogP contribution in [0.4, 0.5) is 0 Å². The fraction of sp³-hybridized carbons (Fsp3) is 0.280. The molecule has 1 heterocycles. The SMILES string of the molecule is CC(C)(Cc1cccc(S(N)(=O)=O)c1)NCC(O)COc1cccc2[nH]c3ccccc3c12. The van der Waals surface area contributed by atoms with Crippen LogP contribution in [0.5, 0.6) is 5.75 Å². The highest BCUT2D eigenvalue weighted by Gasteiger charge is 2.21. The van der Waals surface area contributed by atoms with Gasteiger partial charge in [-0.2, -0.15) is 0 Å². The fourth-order valence-corrected chi connectivity index (χ4v) is 4.62. The molecule has 1 aromatic heterocycles. The maximum Gasteiger partial charge on any atom is 0.238 e. The van der Waals surface area contributed by atoms with Crippen LogP contribution in [0.2, 0.25) is 0 Å². The summed E-state index contributed by atoms with van der Waals surface area (Å²) in [4.78, 5) is 3.48. The molecule has 5 N–H and O–H groups in total. The molecule has 0 bridgehead atoms. The number of rotatable bonds is 9. The Morgan fingerprint density at radius 2 is 1.79 bits per heavy atom. The van der Waals surface area contributed by atoms with Crippen molar-refractivity contribution in [2.45, 2.75) is 36.8 Å². The van der Waals surface area contributed by atoms with Gasteiger partial charge in [0.1, 0.15) is 18.5 Å². The number of sulfonamides is 1. The lowest BCUT2D eigenvalue weighted by Crippen LogP contribution is -2.46. The van der Waals surface area contributed by atoms with E-state index in [4.69, 9.17) is 9.88 Å². The molecule has 0 amide bonds. The van der Waals surface area contributed by atoms with E-state index in [9.17, 15) is 13.5 Å². The molecule has 0 fully saturated rings. The Bertz CT molecular complexity index is 1380. The van der Waals surface area contributed by atoms with E-state index in [0.29, 0.717) is 13.0 Å². The molecule has 0 spiro atoms. The molecule has 0 aliphatic heterocycles. The summed E-state index contributed by atoms with van der Waals surface area (Å²) in [5.41, 5.74) is 2.49. The Hall–Kier alpha value is -2.91. The second-order valence-electron chi connectivity index (χ2n) is 8.95. The Kier molecular flexibility index (Phi) is 6.45. The minimum atomic E-state index is -3.74. The van der Waals surface area contributed by atoms with E-state index in [0.717, 1.165) is 33.1 Å². The van der Waals surface area contributed by atoms with E-state index in [-0.39, 0.29) is 17.0 Å². The number of ether oxygens (including phenoxy) is 1. The van der Waals surface area contributed by atoms with Crippen LogP contribution in [0.1, 0.15) is 19.4 Å². The molecular weight excluding hydrogens is 438 g/mol. The van der Waals surface area contributed by atoms with Gasteiger partial charge in [0.05, 0.1) is 10.4 Å². The first-order chi connectivity index (χ1) is 15.6. The zero-order chi connectivity index (χ0) is 23.6. The summed E-state index contributed by atoms with van der Waals surface area (Å²) in [5, 5.41) is 21.2. The highest BCUT2D eigenvalue weighted by molar-refractivity contribution is 7.89. The molecule has 8 heteroatoms. The first kappa shape index (κ1) is 23.3. The highest BCUT2D eigenvalue weighted by Crippen LogP contribution is 2.33. The van der Waals surface area contributed by atoms with Crippen molar-refractivity contribution in [2.75, 3.05) is 13.2 Å². The van der Waals surface area contributed by atoms with Gasteiger partial charge in [0.2, 0.25) is 10.0 Å². The molecule has 33 heavy (non-hydrogen) atoms. The quantitative estimate of drug-likeness (QED) is 0.301. The molecule has 4 rings (SSSR count). The molecule has 0 saturated carbocycles. The molecule has 0 aliphatic carbocycles. The third-order valence-electron chi connectivity index (χ3n) is 5.61. The first-order valence-electron chi connectivity index (χ1n) is 10.8. The summed E-state index contributed by atoms with van der Waals surface area (Å²) in [6.45, 7) is 4.46. The number of aromatic nitrogens is 1. The summed E-state index contributed by atoms with van der Waals surface area (Å²) >= 11 is 0. The van der Waals surface area contributed by atoms with Gasteiger partial charge in [-0.3, -0.25) is 0 Å². The monoisotopic (exact) mass is 467 g/mol. The number of nitrogens with two attached hydrogens (primary N) is 1. The molecule has 4 aromatic rings. The second kappa shape index (κ2) is 9.15. The van der Waals surface area contributed by atoms with Gasteiger partial charge < -0.3 is 20.1 Å². The van der Waals surface area contributed by atoms with E-state index in [1.54, 1.807) is 12.1 Å². The second-order valence-corrected chi connectivity index (χ2v) is 10.5. The smallest absolute Gasteiger partial charge is 0.238 e. The van der Waals surface area contributed by atoms with Crippen molar-refractivity contribution >= 4 is 31.8 Å².